The Hall–Kier alpha value is -1.06. The van der Waals surface area contributed by atoms with Gasteiger partial charge >= 0.3 is 0 Å². The van der Waals surface area contributed by atoms with Gasteiger partial charge in [0.1, 0.15) is 49.3 Å². The molecule has 0 aliphatic rings. The van der Waals surface area contributed by atoms with Crippen LogP contribution < -0.4 is 0 Å². The highest BCUT2D eigenvalue weighted by Crippen LogP contribution is 2.03. The molecule has 0 rings (SSSR count). The number of hydrogen-bond acceptors (Lipinski definition) is 12. The molecule has 0 aliphatic heterocycles. The fourth-order valence-corrected chi connectivity index (χ4v) is 1.22. The van der Waals surface area contributed by atoms with E-state index in [0.717, 1.165) is 0 Å². The largest absolute Gasteiger partial charge is 0.394 e. The van der Waals surface area contributed by atoms with Crippen molar-refractivity contribution in [1.29, 1.82) is 0 Å². The molecule has 0 aromatic carbocycles. The van der Waals surface area contributed by atoms with Gasteiger partial charge in [-0.05, 0) is 0 Å². The minimum Gasteiger partial charge on any atom is -0.394 e. The van der Waals surface area contributed by atoms with E-state index in [4.69, 9.17) is 51.1 Å². The summed E-state index contributed by atoms with van der Waals surface area (Å²) in [7, 11) is 0. The molecule has 0 bridgehead atoms. The van der Waals surface area contributed by atoms with Crippen LogP contribution in [-0.4, -0.2) is 126 Å². The highest BCUT2D eigenvalue weighted by molar-refractivity contribution is 5.84. The van der Waals surface area contributed by atoms with E-state index in [-0.39, 0.29) is 6.29 Å². The van der Waals surface area contributed by atoms with Gasteiger partial charge in [-0.25, -0.2) is 0 Å². The van der Waals surface area contributed by atoms with Crippen LogP contribution in [0.15, 0.2) is 0 Å². The molecule has 10 N–H and O–H groups in total. The van der Waals surface area contributed by atoms with Crippen molar-refractivity contribution in [2.45, 2.75) is 42.7 Å². The summed E-state index contributed by atoms with van der Waals surface area (Å²) in [5.41, 5.74) is 0. The third kappa shape index (κ3) is 8.70. The second-order valence-corrected chi connectivity index (χ2v) is 4.67. The molecule has 12 heteroatoms. The van der Waals surface area contributed by atoms with Crippen LogP contribution in [0.3, 0.4) is 0 Å². The van der Waals surface area contributed by atoms with Crippen molar-refractivity contribution in [1.82, 2.24) is 0 Å². The molecule has 0 heterocycles. The van der Waals surface area contributed by atoms with Crippen LogP contribution >= 0.6 is 0 Å². The van der Waals surface area contributed by atoms with Crippen LogP contribution in [0, 0.1) is 0 Å². The lowest BCUT2D eigenvalue weighted by Crippen LogP contribution is -2.46. The SMILES string of the molecule is O=C(CO)[C@H](O)[C@H](O)[C@H](O)CO.O=C[C@H](O)[C@@H](O)[C@H](O)[C@H](O)CO. The first-order valence-electron chi connectivity index (χ1n) is 6.65. The maximum Gasteiger partial charge on any atom is 0.189 e. The summed E-state index contributed by atoms with van der Waals surface area (Å²) < 4.78 is 0. The summed E-state index contributed by atoms with van der Waals surface area (Å²) in [6.07, 6.45) is -12.1. The molecule has 0 radical (unpaired) electrons. The zero-order valence-corrected chi connectivity index (χ0v) is 12.5. The molecule has 24 heavy (non-hydrogen) atoms. The molecule has 0 saturated heterocycles. The molecule has 12 nitrogen and oxygen atoms in total. The molecule has 0 aromatic rings. The van der Waals surface area contributed by atoms with Gasteiger partial charge in [-0.2, -0.15) is 0 Å². The van der Waals surface area contributed by atoms with Gasteiger partial charge in [0.15, 0.2) is 12.1 Å². The smallest absolute Gasteiger partial charge is 0.189 e. The highest BCUT2D eigenvalue weighted by atomic mass is 16.4. The monoisotopic (exact) mass is 360 g/mol. The van der Waals surface area contributed by atoms with Gasteiger partial charge in [-0.15, -0.1) is 0 Å². The minimum absolute atomic E-state index is 0.0258. The molecule has 144 valence electrons. The maximum absolute atomic E-state index is 10.5. The molecular formula is C12H24O12. The summed E-state index contributed by atoms with van der Waals surface area (Å²) >= 11 is 0. The summed E-state index contributed by atoms with van der Waals surface area (Å²) in [5, 5.41) is 86.6. The molecule has 0 spiro atoms. The number of aliphatic hydroxyl groups is 10. The fraction of sp³-hybridized carbons (Fsp3) is 0.833. The van der Waals surface area contributed by atoms with Crippen LogP contribution in [0.5, 0.6) is 0 Å². The molecule has 0 saturated carbocycles. The molecule has 0 unspecified atom stereocenters. The number of aldehydes is 1. The first-order chi connectivity index (χ1) is 11.1. The van der Waals surface area contributed by atoms with E-state index in [9.17, 15) is 9.59 Å². The van der Waals surface area contributed by atoms with Crippen LogP contribution in [-0.2, 0) is 9.59 Å². The second kappa shape index (κ2) is 13.3. The predicted molar refractivity (Wildman–Crippen MR) is 74.4 cm³/mol. The van der Waals surface area contributed by atoms with E-state index in [1.165, 1.54) is 0 Å². The molecular weight excluding hydrogens is 336 g/mol. The van der Waals surface area contributed by atoms with E-state index < -0.39 is 68.3 Å². The van der Waals surface area contributed by atoms with Crippen molar-refractivity contribution in [2.24, 2.45) is 0 Å². The lowest BCUT2D eigenvalue weighted by molar-refractivity contribution is -0.142. The number of ketones is 1. The third-order valence-electron chi connectivity index (χ3n) is 2.81. The quantitative estimate of drug-likeness (QED) is 0.164. The zero-order chi connectivity index (χ0) is 19.4. The van der Waals surface area contributed by atoms with Crippen molar-refractivity contribution < 1.29 is 60.7 Å². The lowest BCUT2D eigenvalue weighted by atomic mass is 10.0. The van der Waals surface area contributed by atoms with Gasteiger partial charge in [0.25, 0.3) is 0 Å². The summed E-state index contributed by atoms with van der Waals surface area (Å²) in [6, 6.07) is 0. The number of rotatable bonds is 10. The molecule has 0 aromatic heterocycles. The van der Waals surface area contributed by atoms with Crippen molar-refractivity contribution in [3.8, 4) is 0 Å². The van der Waals surface area contributed by atoms with Gasteiger partial charge in [-0.3, -0.25) is 4.79 Å². The first-order valence-corrected chi connectivity index (χ1v) is 6.65. The zero-order valence-electron chi connectivity index (χ0n) is 12.5. The lowest BCUT2D eigenvalue weighted by Gasteiger charge is -2.22. The summed E-state index contributed by atoms with van der Waals surface area (Å²) in [4.78, 5) is 20.4. The normalized spacial score (nSPS) is 19.8. The van der Waals surface area contributed by atoms with E-state index in [0.29, 0.717) is 0 Å². The second-order valence-electron chi connectivity index (χ2n) is 4.67. The van der Waals surface area contributed by atoms with Gasteiger partial charge < -0.3 is 55.9 Å². The summed E-state index contributed by atoms with van der Waals surface area (Å²) in [5.74, 6) is -1.00. The Morgan fingerprint density at radius 2 is 1.17 bits per heavy atom. The average molecular weight is 360 g/mol. The van der Waals surface area contributed by atoms with Gasteiger partial charge in [-0.1, -0.05) is 0 Å². The molecule has 7 atom stereocenters. The van der Waals surface area contributed by atoms with Gasteiger partial charge in [0.2, 0.25) is 0 Å². The van der Waals surface area contributed by atoms with Crippen molar-refractivity contribution >= 4 is 12.1 Å². The third-order valence-corrected chi connectivity index (χ3v) is 2.81. The number of Topliss-reactive ketones (excluding diaryl/α,β-unsaturated/α-hetero) is 1. The van der Waals surface area contributed by atoms with Crippen molar-refractivity contribution in [3.05, 3.63) is 0 Å². The number of aliphatic hydroxyl groups excluding tert-OH is 10. The molecule has 0 fully saturated rings. The Bertz CT molecular complexity index is 351. The Morgan fingerprint density at radius 1 is 0.750 bits per heavy atom. The average Bonchev–Trinajstić information content (AvgIpc) is 2.62. The van der Waals surface area contributed by atoms with E-state index >= 15 is 0 Å². The van der Waals surface area contributed by atoms with Gasteiger partial charge in [0, 0.05) is 0 Å². The first kappa shape index (κ1) is 25.2. The molecule has 0 aliphatic carbocycles. The highest BCUT2D eigenvalue weighted by Gasteiger charge is 2.30. The minimum atomic E-state index is -1.86. The van der Waals surface area contributed by atoms with Crippen LogP contribution in [0.4, 0.5) is 0 Å². The van der Waals surface area contributed by atoms with Crippen LogP contribution in [0.25, 0.3) is 0 Å². The van der Waals surface area contributed by atoms with Crippen molar-refractivity contribution in [3.63, 3.8) is 0 Å². The summed E-state index contributed by atoms with van der Waals surface area (Å²) in [6.45, 7) is -2.45. The van der Waals surface area contributed by atoms with Crippen LogP contribution in [0.1, 0.15) is 0 Å². The Morgan fingerprint density at radius 3 is 1.50 bits per heavy atom. The van der Waals surface area contributed by atoms with Gasteiger partial charge in [0.05, 0.1) is 13.2 Å². The van der Waals surface area contributed by atoms with E-state index in [1.807, 2.05) is 0 Å². The number of carbonyl (C=O) groups excluding carboxylic acids is 2. The Balaban J connectivity index is 0. The number of hydrogen-bond donors (Lipinski definition) is 10. The van der Waals surface area contributed by atoms with E-state index in [1.54, 1.807) is 0 Å². The number of carbonyl (C=O) groups is 2. The fourth-order valence-electron chi connectivity index (χ4n) is 1.22. The predicted octanol–water partition coefficient (Wildman–Crippen LogP) is -6.76. The van der Waals surface area contributed by atoms with Crippen LogP contribution in [0.2, 0.25) is 0 Å². The maximum atomic E-state index is 10.5. The standard InChI is InChI=1S/2C6H12O6/c2*7-1-3(9)5(11)6(12)4(10)2-8/h3,5-9,11-12H,1-2H2;1,3-6,8-12H,2H2/t3-,5-,6+;3-,4+,5+,6+/m10/s1. The van der Waals surface area contributed by atoms with E-state index in [2.05, 4.69) is 0 Å². The Labute approximate surface area is 136 Å². The molecule has 0 amide bonds. The Kier molecular flexibility index (Phi) is 13.9. The topological polar surface area (TPSA) is 236 Å². The van der Waals surface area contributed by atoms with Crippen molar-refractivity contribution in [2.75, 3.05) is 19.8 Å².